The third kappa shape index (κ3) is 4.17. The number of aromatic nitrogens is 1. The van der Waals surface area contributed by atoms with Gasteiger partial charge in [0.2, 0.25) is 0 Å². The second kappa shape index (κ2) is 9.78. The van der Waals surface area contributed by atoms with Crippen LogP contribution < -0.4 is 10.1 Å². The number of aliphatic hydroxyl groups excluding tert-OH is 1. The molecular weight excluding hydrogens is 428 g/mol. The Morgan fingerprint density at radius 3 is 2.71 bits per heavy atom. The number of benzene rings is 1. The molecule has 2 amide bonds. The third-order valence-electron chi connectivity index (χ3n) is 8.51. The smallest absolute Gasteiger partial charge is 0.318 e. The number of nitrogens with zero attached hydrogens (tertiary/aromatic N) is 2. The van der Waals surface area contributed by atoms with E-state index in [9.17, 15) is 9.90 Å². The van der Waals surface area contributed by atoms with E-state index in [1.807, 2.05) is 17.0 Å². The van der Waals surface area contributed by atoms with E-state index in [4.69, 9.17) is 4.74 Å². The summed E-state index contributed by atoms with van der Waals surface area (Å²) in [5.74, 6) is 1.66. The van der Waals surface area contributed by atoms with Crippen molar-refractivity contribution in [1.29, 1.82) is 0 Å². The lowest BCUT2D eigenvalue weighted by atomic mass is 9.68. The Hall–Kier alpha value is -2.25. The van der Waals surface area contributed by atoms with Crippen LogP contribution in [0, 0.1) is 5.92 Å². The molecule has 1 aliphatic carbocycles. The molecule has 1 atom stereocenters. The first-order valence-corrected chi connectivity index (χ1v) is 13.2. The van der Waals surface area contributed by atoms with Crippen molar-refractivity contribution in [3.63, 3.8) is 0 Å². The standard InChI is InChI=1S/C27H40N4O3/c1-3-12-28-26(33)31-18-27(10-13-30(14-11-27)16-19-6-4-5-7-19)24-21-9-8-20(34-2)15-22(21)29-25(24)23(31)17-32/h8-9,15,19,23,29,32H,3-7,10-14,16-18H2,1-2H3,(H,28,33)/t23-/m1/s1. The van der Waals surface area contributed by atoms with Crippen LogP contribution in [0.25, 0.3) is 10.9 Å². The maximum Gasteiger partial charge on any atom is 0.318 e. The highest BCUT2D eigenvalue weighted by Crippen LogP contribution is 2.49. The molecule has 34 heavy (non-hydrogen) atoms. The van der Waals surface area contributed by atoms with E-state index in [-0.39, 0.29) is 24.1 Å². The predicted octanol–water partition coefficient (Wildman–Crippen LogP) is 4.17. The number of nitrogens with one attached hydrogen (secondary N) is 2. The molecule has 186 valence electrons. The van der Waals surface area contributed by atoms with Crippen LogP contribution in [0.3, 0.4) is 0 Å². The lowest BCUT2D eigenvalue weighted by molar-refractivity contribution is 0.0643. The number of hydrogen-bond donors (Lipinski definition) is 3. The van der Waals surface area contributed by atoms with Crippen molar-refractivity contribution in [2.75, 3.05) is 46.4 Å². The SMILES string of the molecule is CCCNC(=O)N1CC2(CCN(CC3CCCC3)CC2)c2c([nH]c3cc(OC)ccc23)[C@H]1CO. The second-order valence-electron chi connectivity index (χ2n) is 10.6. The highest BCUT2D eigenvalue weighted by Gasteiger charge is 2.48. The van der Waals surface area contributed by atoms with E-state index in [1.165, 1.54) is 43.2 Å². The number of rotatable bonds is 6. The van der Waals surface area contributed by atoms with Gasteiger partial charge in [0.05, 0.1) is 19.8 Å². The Labute approximate surface area is 202 Å². The zero-order chi connectivity index (χ0) is 23.7. The van der Waals surface area contributed by atoms with Gasteiger partial charge < -0.3 is 29.9 Å². The topological polar surface area (TPSA) is 80.8 Å². The van der Waals surface area contributed by atoms with E-state index < -0.39 is 0 Å². The van der Waals surface area contributed by atoms with Gasteiger partial charge in [-0.2, -0.15) is 0 Å². The van der Waals surface area contributed by atoms with E-state index in [1.54, 1.807) is 7.11 Å². The zero-order valence-electron chi connectivity index (χ0n) is 20.7. The molecule has 3 heterocycles. The van der Waals surface area contributed by atoms with Gasteiger partial charge in [-0.1, -0.05) is 19.8 Å². The Bertz CT molecular complexity index is 1000. The van der Waals surface area contributed by atoms with E-state index in [0.29, 0.717) is 13.1 Å². The minimum Gasteiger partial charge on any atom is -0.497 e. The summed E-state index contributed by atoms with van der Waals surface area (Å²) < 4.78 is 5.47. The molecule has 0 unspecified atom stereocenters. The number of carbonyl (C=O) groups excluding carboxylic acids is 1. The molecule has 0 radical (unpaired) electrons. The Morgan fingerprint density at radius 2 is 2.03 bits per heavy atom. The maximum absolute atomic E-state index is 13.2. The Balaban J connectivity index is 1.50. The summed E-state index contributed by atoms with van der Waals surface area (Å²) in [5, 5.41) is 14.7. The number of methoxy groups -OCH3 is 1. The predicted molar refractivity (Wildman–Crippen MR) is 134 cm³/mol. The van der Waals surface area contributed by atoms with Gasteiger partial charge >= 0.3 is 6.03 Å². The second-order valence-corrected chi connectivity index (χ2v) is 10.6. The molecule has 7 nitrogen and oxygen atoms in total. The van der Waals surface area contributed by atoms with Crippen LogP contribution in [0.4, 0.5) is 4.79 Å². The average Bonchev–Trinajstić information content (AvgIpc) is 3.51. The molecule has 7 heteroatoms. The molecule has 1 saturated heterocycles. The fourth-order valence-electron chi connectivity index (χ4n) is 6.68. The Kier molecular flexibility index (Phi) is 6.76. The van der Waals surface area contributed by atoms with Crippen LogP contribution in [-0.4, -0.2) is 72.4 Å². The molecule has 2 aromatic rings. The highest BCUT2D eigenvalue weighted by molar-refractivity contribution is 5.88. The third-order valence-corrected chi connectivity index (χ3v) is 8.51. The first kappa shape index (κ1) is 23.5. The maximum atomic E-state index is 13.2. The van der Waals surface area contributed by atoms with Crippen LogP contribution in [0.1, 0.15) is 69.2 Å². The number of ether oxygens (including phenoxy) is 1. The van der Waals surface area contributed by atoms with Crippen molar-refractivity contribution in [2.45, 2.75) is 63.3 Å². The molecule has 3 N–H and O–H groups in total. The van der Waals surface area contributed by atoms with Crippen molar-refractivity contribution < 1.29 is 14.6 Å². The number of aromatic amines is 1. The summed E-state index contributed by atoms with van der Waals surface area (Å²) in [6.45, 7) is 6.60. The van der Waals surface area contributed by atoms with Gasteiger partial charge in [0.1, 0.15) is 5.75 Å². The fourth-order valence-corrected chi connectivity index (χ4v) is 6.68. The number of hydrogen-bond acceptors (Lipinski definition) is 4. The molecular formula is C27H40N4O3. The first-order valence-electron chi connectivity index (χ1n) is 13.2. The van der Waals surface area contributed by atoms with Crippen LogP contribution in [0.5, 0.6) is 5.75 Å². The van der Waals surface area contributed by atoms with Gasteiger partial charge in [-0.15, -0.1) is 0 Å². The van der Waals surface area contributed by atoms with E-state index >= 15 is 0 Å². The summed E-state index contributed by atoms with van der Waals surface area (Å²) in [6, 6.07) is 5.76. The van der Waals surface area contributed by atoms with Gasteiger partial charge in [0, 0.05) is 47.7 Å². The van der Waals surface area contributed by atoms with Gasteiger partial charge in [0.15, 0.2) is 0 Å². The monoisotopic (exact) mass is 468 g/mol. The number of carbonyl (C=O) groups is 1. The summed E-state index contributed by atoms with van der Waals surface area (Å²) in [7, 11) is 1.68. The summed E-state index contributed by atoms with van der Waals surface area (Å²) in [5.41, 5.74) is 3.22. The largest absolute Gasteiger partial charge is 0.497 e. The highest BCUT2D eigenvalue weighted by atomic mass is 16.5. The van der Waals surface area contributed by atoms with E-state index in [0.717, 1.165) is 55.2 Å². The van der Waals surface area contributed by atoms with E-state index in [2.05, 4.69) is 28.2 Å². The van der Waals surface area contributed by atoms with Crippen molar-refractivity contribution in [3.8, 4) is 5.75 Å². The molecule has 0 bridgehead atoms. The quantitative estimate of drug-likeness (QED) is 0.594. The molecule has 1 saturated carbocycles. The van der Waals surface area contributed by atoms with Crippen molar-refractivity contribution in [2.24, 2.45) is 5.92 Å². The normalized spacial score (nSPS) is 22.9. The molecule has 3 aliphatic rings. The number of H-pyrrole nitrogens is 1. The Morgan fingerprint density at radius 1 is 1.26 bits per heavy atom. The minimum atomic E-state index is -0.368. The van der Waals surface area contributed by atoms with Crippen LogP contribution >= 0.6 is 0 Å². The fraction of sp³-hybridized carbons (Fsp3) is 0.667. The van der Waals surface area contributed by atoms with Gasteiger partial charge in [-0.25, -0.2) is 4.79 Å². The number of aliphatic hydroxyl groups is 1. The van der Waals surface area contributed by atoms with Crippen molar-refractivity contribution in [3.05, 3.63) is 29.5 Å². The molecule has 2 aliphatic heterocycles. The summed E-state index contributed by atoms with van der Waals surface area (Å²) in [6.07, 6.45) is 8.47. The van der Waals surface area contributed by atoms with Crippen LogP contribution in [0.2, 0.25) is 0 Å². The lowest BCUT2D eigenvalue weighted by Gasteiger charge is -2.50. The summed E-state index contributed by atoms with van der Waals surface area (Å²) in [4.78, 5) is 21.4. The minimum absolute atomic E-state index is 0.0736. The van der Waals surface area contributed by atoms with Gasteiger partial charge in [0.25, 0.3) is 0 Å². The molecule has 1 spiro atoms. The van der Waals surface area contributed by atoms with Crippen LogP contribution in [-0.2, 0) is 5.41 Å². The number of piperidine rings is 1. The number of likely N-dealkylation sites (tertiary alicyclic amines) is 1. The molecule has 1 aromatic heterocycles. The zero-order valence-corrected chi connectivity index (χ0v) is 20.7. The lowest BCUT2D eigenvalue weighted by Crippen LogP contribution is -2.57. The van der Waals surface area contributed by atoms with Crippen molar-refractivity contribution in [1.82, 2.24) is 20.1 Å². The number of fused-ring (bicyclic) bond motifs is 4. The molecule has 5 rings (SSSR count). The first-order chi connectivity index (χ1) is 16.6. The van der Waals surface area contributed by atoms with Gasteiger partial charge in [-0.05, 0) is 68.8 Å². The van der Waals surface area contributed by atoms with Crippen molar-refractivity contribution >= 4 is 16.9 Å². The summed E-state index contributed by atoms with van der Waals surface area (Å²) >= 11 is 0. The molecule has 2 fully saturated rings. The van der Waals surface area contributed by atoms with Crippen LogP contribution in [0.15, 0.2) is 18.2 Å². The van der Waals surface area contributed by atoms with Gasteiger partial charge in [-0.3, -0.25) is 0 Å². The number of urea groups is 1. The molecule has 1 aromatic carbocycles. The number of amides is 2. The average molecular weight is 469 g/mol.